The van der Waals surface area contributed by atoms with E-state index in [4.69, 9.17) is 5.11 Å². The van der Waals surface area contributed by atoms with Crippen LogP contribution in [0.4, 0.5) is 4.39 Å². The first kappa shape index (κ1) is 18.1. The number of halogens is 1. The number of benzene rings is 1. The molecule has 0 unspecified atom stereocenters. The molecule has 1 rings (SSSR count). The summed E-state index contributed by atoms with van der Waals surface area (Å²) < 4.78 is 38.6. The molecule has 7 nitrogen and oxygen atoms in total. The van der Waals surface area contributed by atoms with Crippen LogP contribution >= 0.6 is 0 Å². The molecule has 1 aromatic carbocycles. The predicted octanol–water partition coefficient (Wildman–Crippen LogP) is 0.475. The second kappa shape index (κ2) is 8.44. The van der Waals surface area contributed by atoms with Crippen LogP contribution < -0.4 is 10.0 Å². The lowest BCUT2D eigenvalue weighted by Gasteiger charge is -2.07. The molecule has 0 bridgehead atoms. The fourth-order valence-corrected chi connectivity index (χ4v) is 2.58. The second-order valence-corrected chi connectivity index (χ2v) is 6.22. The lowest BCUT2D eigenvalue weighted by atomic mass is 10.3. The molecule has 0 aliphatic carbocycles. The number of aliphatic carboxylic acids is 1. The minimum absolute atomic E-state index is 0.0442. The van der Waals surface area contributed by atoms with Crippen molar-refractivity contribution in [1.29, 1.82) is 0 Å². The molecule has 22 heavy (non-hydrogen) atoms. The summed E-state index contributed by atoms with van der Waals surface area (Å²) in [4.78, 5) is 21.6. The highest BCUT2D eigenvalue weighted by Gasteiger charge is 2.14. The highest BCUT2D eigenvalue weighted by atomic mass is 32.2. The Morgan fingerprint density at radius 2 is 1.73 bits per heavy atom. The van der Waals surface area contributed by atoms with E-state index in [0.717, 1.165) is 24.3 Å². The van der Waals surface area contributed by atoms with Crippen molar-refractivity contribution in [3.8, 4) is 0 Å². The molecule has 0 aromatic heterocycles. The average molecular weight is 332 g/mol. The predicted molar refractivity (Wildman–Crippen MR) is 76.1 cm³/mol. The standard InChI is InChI=1S/C13H17FN2O5S/c14-10-3-5-11(6-4-10)22(20,21)16-9-7-12(17)15-8-1-2-13(18)19/h3-6,16H,1-2,7-9H2,(H,15,17)(H,18,19). The molecule has 0 aliphatic heterocycles. The van der Waals surface area contributed by atoms with Gasteiger partial charge in [-0.25, -0.2) is 17.5 Å². The van der Waals surface area contributed by atoms with Gasteiger partial charge in [-0.1, -0.05) is 0 Å². The number of hydrogen-bond donors (Lipinski definition) is 3. The van der Waals surface area contributed by atoms with Crippen LogP contribution in [0.1, 0.15) is 19.3 Å². The number of hydrogen-bond acceptors (Lipinski definition) is 4. The topological polar surface area (TPSA) is 113 Å². The highest BCUT2D eigenvalue weighted by molar-refractivity contribution is 7.89. The van der Waals surface area contributed by atoms with Crippen LogP contribution in [0.5, 0.6) is 0 Å². The third-order valence-electron chi connectivity index (χ3n) is 2.66. The van der Waals surface area contributed by atoms with Crippen molar-refractivity contribution >= 4 is 21.9 Å². The molecular formula is C13H17FN2O5S. The summed E-state index contributed by atoms with van der Waals surface area (Å²) >= 11 is 0. The SMILES string of the molecule is O=C(O)CCCNC(=O)CCNS(=O)(=O)c1ccc(F)cc1. The summed E-state index contributed by atoms with van der Waals surface area (Å²) in [5.41, 5.74) is 0. The molecule has 0 saturated carbocycles. The molecule has 0 heterocycles. The average Bonchev–Trinajstić information content (AvgIpc) is 2.43. The van der Waals surface area contributed by atoms with Gasteiger partial charge in [0, 0.05) is 25.9 Å². The molecule has 0 atom stereocenters. The fraction of sp³-hybridized carbons (Fsp3) is 0.385. The van der Waals surface area contributed by atoms with Gasteiger partial charge in [0.1, 0.15) is 5.82 Å². The summed E-state index contributed by atoms with van der Waals surface area (Å²) in [6.07, 6.45) is 0.188. The number of nitrogens with one attached hydrogen (secondary N) is 2. The maximum absolute atomic E-state index is 12.7. The third-order valence-corrected chi connectivity index (χ3v) is 4.13. The molecular weight excluding hydrogens is 315 g/mol. The quantitative estimate of drug-likeness (QED) is 0.569. The summed E-state index contributed by atoms with van der Waals surface area (Å²) in [5.74, 6) is -1.87. The first-order valence-corrected chi connectivity index (χ1v) is 8.03. The van der Waals surface area contributed by atoms with Gasteiger partial charge in [-0.3, -0.25) is 9.59 Å². The van der Waals surface area contributed by atoms with Crippen molar-refractivity contribution in [2.75, 3.05) is 13.1 Å². The fourth-order valence-electron chi connectivity index (χ4n) is 1.55. The summed E-state index contributed by atoms with van der Waals surface area (Å²) in [6.45, 7) is 0.111. The maximum Gasteiger partial charge on any atom is 0.303 e. The van der Waals surface area contributed by atoms with E-state index >= 15 is 0 Å². The van der Waals surface area contributed by atoms with Gasteiger partial charge in [0.2, 0.25) is 15.9 Å². The van der Waals surface area contributed by atoms with Crippen molar-refractivity contribution in [3.05, 3.63) is 30.1 Å². The van der Waals surface area contributed by atoms with E-state index in [2.05, 4.69) is 10.0 Å². The van der Waals surface area contributed by atoms with Gasteiger partial charge in [-0.15, -0.1) is 0 Å². The largest absolute Gasteiger partial charge is 0.481 e. The Balaban J connectivity index is 2.32. The molecule has 3 N–H and O–H groups in total. The number of carboxylic acid groups (broad SMARTS) is 1. The van der Waals surface area contributed by atoms with Crippen molar-refractivity contribution in [1.82, 2.24) is 10.0 Å². The van der Waals surface area contributed by atoms with E-state index in [1.165, 1.54) is 0 Å². The highest BCUT2D eigenvalue weighted by Crippen LogP contribution is 2.09. The van der Waals surface area contributed by atoms with Crippen LogP contribution in [-0.4, -0.2) is 38.5 Å². The Morgan fingerprint density at radius 1 is 1.09 bits per heavy atom. The molecule has 0 radical (unpaired) electrons. The van der Waals surface area contributed by atoms with Gasteiger partial charge in [-0.05, 0) is 30.7 Å². The molecule has 122 valence electrons. The molecule has 9 heteroatoms. The minimum atomic E-state index is -3.78. The molecule has 0 spiro atoms. The molecule has 1 aromatic rings. The van der Waals surface area contributed by atoms with E-state index in [1.807, 2.05) is 0 Å². The minimum Gasteiger partial charge on any atom is -0.481 e. The normalized spacial score (nSPS) is 11.1. The maximum atomic E-state index is 12.7. The smallest absolute Gasteiger partial charge is 0.303 e. The zero-order valence-corrected chi connectivity index (χ0v) is 12.5. The van der Waals surface area contributed by atoms with Crippen LogP contribution in [0.3, 0.4) is 0 Å². The first-order chi connectivity index (χ1) is 10.3. The second-order valence-electron chi connectivity index (χ2n) is 4.45. The summed E-state index contributed by atoms with van der Waals surface area (Å²) in [5, 5.41) is 10.9. The van der Waals surface area contributed by atoms with Crippen LogP contribution in [0, 0.1) is 5.82 Å². The Kier molecular flexibility index (Phi) is 6.93. The number of rotatable bonds is 9. The number of amides is 1. The van der Waals surface area contributed by atoms with Crippen LogP contribution in [-0.2, 0) is 19.6 Å². The van der Waals surface area contributed by atoms with Gasteiger partial charge in [0.25, 0.3) is 0 Å². The van der Waals surface area contributed by atoms with E-state index in [0.29, 0.717) is 6.42 Å². The Morgan fingerprint density at radius 3 is 2.32 bits per heavy atom. The Labute approximate surface area is 127 Å². The number of carboxylic acids is 1. The van der Waals surface area contributed by atoms with Crippen molar-refractivity contribution in [3.63, 3.8) is 0 Å². The van der Waals surface area contributed by atoms with Crippen molar-refractivity contribution in [2.24, 2.45) is 0 Å². The number of carbonyl (C=O) groups is 2. The molecule has 0 fully saturated rings. The van der Waals surface area contributed by atoms with Crippen molar-refractivity contribution in [2.45, 2.75) is 24.2 Å². The Hall–Kier alpha value is -2.00. The third kappa shape index (κ3) is 6.64. The van der Waals surface area contributed by atoms with Gasteiger partial charge >= 0.3 is 5.97 Å². The van der Waals surface area contributed by atoms with E-state index in [9.17, 15) is 22.4 Å². The first-order valence-electron chi connectivity index (χ1n) is 6.55. The van der Waals surface area contributed by atoms with Crippen LogP contribution in [0.25, 0.3) is 0 Å². The summed E-state index contributed by atoms with van der Waals surface area (Å²) in [6, 6.07) is 4.32. The van der Waals surface area contributed by atoms with Crippen LogP contribution in [0.2, 0.25) is 0 Å². The van der Waals surface area contributed by atoms with E-state index in [-0.39, 0.29) is 36.7 Å². The number of sulfonamides is 1. The zero-order valence-electron chi connectivity index (χ0n) is 11.7. The van der Waals surface area contributed by atoms with Gasteiger partial charge in [0.05, 0.1) is 4.90 Å². The van der Waals surface area contributed by atoms with Gasteiger partial charge < -0.3 is 10.4 Å². The number of carbonyl (C=O) groups excluding carboxylic acids is 1. The van der Waals surface area contributed by atoms with E-state index in [1.54, 1.807) is 0 Å². The van der Waals surface area contributed by atoms with Gasteiger partial charge in [-0.2, -0.15) is 0 Å². The molecule has 1 amide bonds. The van der Waals surface area contributed by atoms with Gasteiger partial charge in [0.15, 0.2) is 0 Å². The summed E-state index contributed by atoms with van der Waals surface area (Å²) in [7, 11) is -3.78. The Bertz CT molecular complexity index is 616. The monoisotopic (exact) mass is 332 g/mol. The lowest BCUT2D eigenvalue weighted by Crippen LogP contribution is -2.31. The zero-order chi connectivity index (χ0) is 16.6. The lowest BCUT2D eigenvalue weighted by molar-refractivity contribution is -0.137. The van der Waals surface area contributed by atoms with E-state index < -0.39 is 21.8 Å². The van der Waals surface area contributed by atoms with Crippen LogP contribution in [0.15, 0.2) is 29.2 Å². The molecule has 0 saturated heterocycles. The van der Waals surface area contributed by atoms with Crippen molar-refractivity contribution < 1.29 is 27.5 Å². The molecule has 0 aliphatic rings.